The number of hydrogen-bond donors (Lipinski definition) is 0. The monoisotopic (exact) mass is 240 g/mol. The summed E-state index contributed by atoms with van der Waals surface area (Å²) in [7, 11) is 3.19. The third kappa shape index (κ3) is 2.67. The van der Waals surface area contributed by atoms with Crippen LogP contribution in [0, 0.1) is 0 Å². The van der Waals surface area contributed by atoms with Crippen molar-refractivity contribution in [2.75, 3.05) is 27.4 Å². The van der Waals surface area contributed by atoms with E-state index in [0.29, 0.717) is 13.2 Å². The van der Waals surface area contributed by atoms with E-state index in [4.69, 9.17) is 18.9 Å². The Morgan fingerprint density at radius 3 is 2.42 bits per heavy atom. The molecule has 1 heterocycles. The Balaban J connectivity index is 2.41. The van der Waals surface area contributed by atoms with Gasteiger partial charge in [0.1, 0.15) is 0 Å². The molecule has 0 amide bonds. The molecule has 1 aliphatic heterocycles. The van der Waals surface area contributed by atoms with Crippen molar-refractivity contribution in [2.45, 2.75) is 17.4 Å². The molecule has 0 aromatic rings. The minimum atomic E-state index is -0.565. The number of rotatable bonds is 2. The molecule has 0 radical (unpaired) electrons. The third-order valence-electron chi connectivity index (χ3n) is 1.69. The van der Waals surface area contributed by atoms with Crippen LogP contribution in [0.3, 0.4) is 0 Å². The lowest BCUT2D eigenvalue weighted by Gasteiger charge is -2.15. The minimum absolute atomic E-state index is 0.0187. The first-order valence-electron chi connectivity index (χ1n) is 3.70. The van der Waals surface area contributed by atoms with Gasteiger partial charge in [0.05, 0.1) is 24.1 Å². The molecule has 0 N–H and O–H groups in total. The van der Waals surface area contributed by atoms with E-state index in [-0.39, 0.29) is 10.9 Å². The molecule has 3 unspecified atom stereocenters. The Hall–Kier alpha value is 0.320. The summed E-state index contributed by atoms with van der Waals surface area (Å²) in [6.45, 7) is 0.437. The van der Waals surface area contributed by atoms with E-state index in [1.807, 2.05) is 0 Å². The lowest BCUT2D eigenvalue weighted by molar-refractivity contribution is -0.269. The summed E-state index contributed by atoms with van der Waals surface area (Å²) in [4.78, 5) is 0.155. The summed E-state index contributed by atoms with van der Waals surface area (Å²) >= 11 is 3.44. The van der Waals surface area contributed by atoms with Crippen LogP contribution in [0.5, 0.6) is 0 Å². The summed E-state index contributed by atoms with van der Waals surface area (Å²) < 4.78 is 20.5. The molecule has 0 bridgehead atoms. The molecule has 1 aliphatic rings. The Morgan fingerprint density at radius 2 is 1.83 bits per heavy atom. The van der Waals surface area contributed by atoms with Gasteiger partial charge in [0.25, 0.3) is 6.48 Å². The van der Waals surface area contributed by atoms with Gasteiger partial charge in [-0.3, -0.25) is 0 Å². The van der Waals surface area contributed by atoms with Gasteiger partial charge in [-0.05, 0) is 0 Å². The standard InChI is InChI=1S/C7H13BrO4/c1-9-6-4-12-7(10-2)11-3-5(6)8/h5-7H,3-4H2,1-2H3. The molecule has 0 aliphatic carbocycles. The van der Waals surface area contributed by atoms with Crippen molar-refractivity contribution in [3.05, 3.63) is 0 Å². The smallest absolute Gasteiger partial charge is 0.271 e. The van der Waals surface area contributed by atoms with Crippen molar-refractivity contribution in [1.29, 1.82) is 0 Å². The van der Waals surface area contributed by atoms with Crippen molar-refractivity contribution < 1.29 is 18.9 Å². The highest BCUT2D eigenvalue weighted by atomic mass is 79.9. The van der Waals surface area contributed by atoms with Crippen molar-refractivity contribution >= 4 is 15.9 Å². The normalized spacial score (nSPS) is 37.8. The Labute approximate surface area is 80.2 Å². The lowest BCUT2D eigenvalue weighted by atomic mass is 10.3. The van der Waals surface area contributed by atoms with Crippen LogP contribution in [0.4, 0.5) is 0 Å². The van der Waals surface area contributed by atoms with Crippen LogP contribution < -0.4 is 0 Å². The molecule has 3 atom stereocenters. The van der Waals surface area contributed by atoms with Crippen LogP contribution >= 0.6 is 15.9 Å². The summed E-state index contributed by atoms with van der Waals surface area (Å²) in [6, 6.07) is 0. The largest absolute Gasteiger partial charge is 0.378 e. The molecule has 0 spiro atoms. The summed E-state index contributed by atoms with van der Waals surface area (Å²) in [5, 5.41) is 0. The van der Waals surface area contributed by atoms with E-state index in [0.717, 1.165) is 0 Å². The number of alkyl halides is 1. The van der Waals surface area contributed by atoms with Crippen molar-refractivity contribution in [2.24, 2.45) is 0 Å². The summed E-state index contributed by atoms with van der Waals surface area (Å²) in [5.74, 6) is 0. The first kappa shape index (κ1) is 10.4. The summed E-state index contributed by atoms with van der Waals surface area (Å²) in [5.41, 5.74) is 0. The van der Waals surface area contributed by atoms with E-state index in [9.17, 15) is 0 Å². The molecule has 4 nitrogen and oxygen atoms in total. The molecule has 1 fully saturated rings. The molecule has 0 aromatic heterocycles. The molecule has 1 rings (SSSR count). The maximum absolute atomic E-state index is 5.23. The summed E-state index contributed by atoms with van der Waals surface area (Å²) in [6.07, 6.45) is 0.0187. The highest BCUT2D eigenvalue weighted by Gasteiger charge is 2.26. The van der Waals surface area contributed by atoms with Crippen LogP contribution in [-0.2, 0) is 18.9 Å². The average molecular weight is 241 g/mol. The second-order valence-electron chi connectivity index (χ2n) is 2.48. The van der Waals surface area contributed by atoms with Gasteiger partial charge in [-0.25, -0.2) is 0 Å². The second-order valence-corrected chi connectivity index (χ2v) is 3.66. The Morgan fingerprint density at radius 1 is 1.17 bits per heavy atom. The van der Waals surface area contributed by atoms with Crippen molar-refractivity contribution in [3.8, 4) is 0 Å². The molecule has 12 heavy (non-hydrogen) atoms. The van der Waals surface area contributed by atoms with Crippen LogP contribution in [-0.4, -0.2) is 44.8 Å². The van der Waals surface area contributed by atoms with Crippen LogP contribution in [0.2, 0.25) is 0 Å². The maximum Gasteiger partial charge on any atom is 0.271 e. The zero-order chi connectivity index (χ0) is 8.97. The van der Waals surface area contributed by atoms with Crippen LogP contribution in [0.1, 0.15) is 0 Å². The Kier molecular flexibility index (Phi) is 4.45. The van der Waals surface area contributed by atoms with Crippen LogP contribution in [0.25, 0.3) is 0 Å². The predicted octanol–water partition coefficient (Wildman–Crippen LogP) is 0.742. The SMILES string of the molecule is COC1OCC(Br)C(OC)CO1. The average Bonchev–Trinajstić information content (AvgIpc) is 2.27. The van der Waals surface area contributed by atoms with Gasteiger partial charge in [0.15, 0.2) is 0 Å². The number of hydrogen-bond acceptors (Lipinski definition) is 4. The first-order chi connectivity index (χ1) is 5.77. The van der Waals surface area contributed by atoms with Gasteiger partial charge in [-0.1, -0.05) is 15.9 Å². The fraction of sp³-hybridized carbons (Fsp3) is 1.00. The van der Waals surface area contributed by atoms with E-state index >= 15 is 0 Å². The molecule has 72 valence electrons. The minimum Gasteiger partial charge on any atom is -0.378 e. The van der Waals surface area contributed by atoms with E-state index in [2.05, 4.69) is 15.9 Å². The number of methoxy groups -OCH3 is 2. The quantitative estimate of drug-likeness (QED) is 0.668. The fourth-order valence-electron chi connectivity index (χ4n) is 0.956. The van der Waals surface area contributed by atoms with Gasteiger partial charge < -0.3 is 18.9 Å². The zero-order valence-electron chi connectivity index (χ0n) is 7.16. The highest BCUT2D eigenvalue weighted by Crippen LogP contribution is 2.16. The van der Waals surface area contributed by atoms with E-state index in [1.165, 1.54) is 0 Å². The third-order valence-corrected chi connectivity index (χ3v) is 2.54. The van der Waals surface area contributed by atoms with Gasteiger partial charge in [-0.15, -0.1) is 0 Å². The topological polar surface area (TPSA) is 36.9 Å². The van der Waals surface area contributed by atoms with Gasteiger partial charge >= 0.3 is 0 Å². The second kappa shape index (κ2) is 5.14. The van der Waals surface area contributed by atoms with Gasteiger partial charge in [-0.2, -0.15) is 0 Å². The van der Waals surface area contributed by atoms with Crippen molar-refractivity contribution in [3.63, 3.8) is 0 Å². The number of ether oxygens (including phenoxy) is 4. The fourth-order valence-corrected chi connectivity index (χ4v) is 1.48. The number of halogens is 1. The molecule has 5 heteroatoms. The molecular formula is C7H13BrO4. The van der Waals surface area contributed by atoms with Crippen LogP contribution in [0.15, 0.2) is 0 Å². The Bertz CT molecular complexity index is 133. The molecule has 0 aromatic carbocycles. The molecular weight excluding hydrogens is 228 g/mol. The van der Waals surface area contributed by atoms with Crippen molar-refractivity contribution in [1.82, 2.24) is 0 Å². The van der Waals surface area contributed by atoms with E-state index in [1.54, 1.807) is 14.2 Å². The maximum atomic E-state index is 5.23. The highest BCUT2D eigenvalue weighted by molar-refractivity contribution is 9.09. The molecule has 0 saturated carbocycles. The van der Waals surface area contributed by atoms with Gasteiger partial charge in [0, 0.05) is 14.2 Å². The van der Waals surface area contributed by atoms with Gasteiger partial charge in [0.2, 0.25) is 0 Å². The first-order valence-corrected chi connectivity index (χ1v) is 4.62. The van der Waals surface area contributed by atoms with E-state index < -0.39 is 6.48 Å². The lowest BCUT2D eigenvalue weighted by Crippen LogP contribution is -2.28. The predicted molar refractivity (Wildman–Crippen MR) is 46.2 cm³/mol. The zero-order valence-corrected chi connectivity index (χ0v) is 8.74. The molecule has 1 saturated heterocycles.